The van der Waals surface area contributed by atoms with Crippen LogP contribution >= 0.6 is 22.9 Å². The van der Waals surface area contributed by atoms with Crippen LogP contribution in [0.1, 0.15) is 12.0 Å². The van der Waals surface area contributed by atoms with E-state index in [4.69, 9.17) is 16.3 Å². The molecule has 0 bridgehead atoms. The molecule has 0 radical (unpaired) electrons. The number of hydrogen-bond acceptors (Lipinski definition) is 5. The van der Waals surface area contributed by atoms with Crippen molar-refractivity contribution in [3.8, 4) is 0 Å². The van der Waals surface area contributed by atoms with Gasteiger partial charge < -0.3 is 4.74 Å². The molecule has 1 aromatic heterocycles. The Hall–Kier alpha value is -2.25. The molecule has 7 heteroatoms. The first kappa shape index (κ1) is 21.0. The van der Waals surface area contributed by atoms with Gasteiger partial charge in [-0.25, -0.2) is 4.98 Å². The Balaban J connectivity index is 1.52. The molecule has 4 rings (SSSR count). The van der Waals surface area contributed by atoms with Crippen LogP contribution in [0.3, 0.4) is 0 Å². The second kappa shape index (κ2) is 10.2. The van der Waals surface area contributed by atoms with Crippen LogP contribution in [0.5, 0.6) is 0 Å². The number of benzene rings is 2. The van der Waals surface area contributed by atoms with E-state index in [1.165, 1.54) is 11.3 Å². The number of thiazole rings is 1. The first-order valence-corrected chi connectivity index (χ1v) is 11.3. The number of halogens is 1. The van der Waals surface area contributed by atoms with E-state index in [2.05, 4.69) is 9.88 Å². The Kier molecular flexibility index (Phi) is 7.12. The molecule has 0 spiro atoms. The first-order valence-electron chi connectivity index (χ1n) is 10.1. The molecule has 0 saturated carbocycles. The molecular formula is C23H24ClN3O2S. The van der Waals surface area contributed by atoms with Gasteiger partial charge in [-0.05, 0) is 30.2 Å². The maximum absolute atomic E-state index is 13.1. The number of hydrogen-bond donors (Lipinski definition) is 0. The van der Waals surface area contributed by atoms with Crippen LogP contribution in [-0.2, 0) is 9.53 Å². The average molecular weight is 442 g/mol. The normalized spacial score (nSPS) is 15.1. The summed E-state index contributed by atoms with van der Waals surface area (Å²) >= 11 is 7.81. The van der Waals surface area contributed by atoms with E-state index in [1.54, 1.807) is 11.0 Å². The smallest absolute Gasteiger partial charge is 0.252 e. The molecule has 5 nitrogen and oxygen atoms in total. The number of aromatic nitrogens is 1. The lowest BCUT2D eigenvalue weighted by atomic mass is 10.2. The summed E-state index contributed by atoms with van der Waals surface area (Å²) in [6.45, 7) is 4.98. The molecule has 2 heterocycles. The maximum atomic E-state index is 13.1. The topological polar surface area (TPSA) is 45.7 Å². The first-order chi connectivity index (χ1) is 14.7. The van der Waals surface area contributed by atoms with Gasteiger partial charge in [-0.2, -0.15) is 0 Å². The lowest BCUT2D eigenvalue weighted by Gasteiger charge is -2.27. The highest BCUT2D eigenvalue weighted by Crippen LogP contribution is 2.33. The summed E-state index contributed by atoms with van der Waals surface area (Å²) in [5.74, 6) is -0.0731. The zero-order valence-corrected chi connectivity index (χ0v) is 18.2. The van der Waals surface area contributed by atoms with Crippen molar-refractivity contribution in [2.75, 3.05) is 44.3 Å². The number of fused-ring (bicyclic) bond motifs is 1. The van der Waals surface area contributed by atoms with E-state index in [1.807, 2.05) is 54.6 Å². The molecule has 1 saturated heterocycles. The quantitative estimate of drug-likeness (QED) is 0.498. The second-order valence-corrected chi connectivity index (χ2v) is 8.54. The van der Waals surface area contributed by atoms with Crippen LogP contribution in [0.15, 0.2) is 54.6 Å². The minimum atomic E-state index is -0.0731. The number of para-hydroxylation sites is 1. The van der Waals surface area contributed by atoms with Gasteiger partial charge >= 0.3 is 0 Å². The molecule has 3 aromatic rings. The molecule has 2 aromatic carbocycles. The van der Waals surface area contributed by atoms with E-state index < -0.39 is 0 Å². The molecule has 1 amide bonds. The molecular weight excluding hydrogens is 418 g/mol. The predicted octanol–water partition coefficient (Wildman–Crippen LogP) is 4.72. The summed E-state index contributed by atoms with van der Waals surface area (Å²) in [4.78, 5) is 21.9. The highest BCUT2D eigenvalue weighted by molar-refractivity contribution is 7.22. The van der Waals surface area contributed by atoms with Gasteiger partial charge in [-0.1, -0.05) is 59.3 Å². The van der Waals surface area contributed by atoms with Gasteiger partial charge in [0.15, 0.2) is 5.13 Å². The number of amides is 1. The van der Waals surface area contributed by atoms with Crippen molar-refractivity contribution in [2.45, 2.75) is 6.42 Å². The number of ether oxygens (including phenoxy) is 1. The highest BCUT2D eigenvalue weighted by Gasteiger charge is 2.19. The third kappa shape index (κ3) is 5.26. The van der Waals surface area contributed by atoms with Gasteiger partial charge in [-0.3, -0.25) is 14.6 Å². The fourth-order valence-corrected chi connectivity index (χ4v) is 4.71. The predicted molar refractivity (Wildman–Crippen MR) is 124 cm³/mol. The van der Waals surface area contributed by atoms with E-state index in [9.17, 15) is 4.79 Å². The monoisotopic (exact) mass is 441 g/mol. The molecule has 0 unspecified atom stereocenters. The zero-order valence-electron chi connectivity index (χ0n) is 16.7. The summed E-state index contributed by atoms with van der Waals surface area (Å²) < 4.78 is 6.40. The fourth-order valence-electron chi connectivity index (χ4n) is 3.42. The van der Waals surface area contributed by atoms with Gasteiger partial charge in [0, 0.05) is 32.3 Å². The zero-order chi connectivity index (χ0) is 20.8. The van der Waals surface area contributed by atoms with Gasteiger partial charge in [0.25, 0.3) is 5.91 Å². The number of rotatable bonds is 7. The Morgan fingerprint density at radius 3 is 2.73 bits per heavy atom. The standard InChI is InChI=1S/C23H24ClN3O2S/c24-19-8-4-9-20-22(19)25-23(30-20)27(13-5-12-26-14-16-29-17-15-26)21(28)11-10-18-6-2-1-3-7-18/h1-4,6-11H,5,12-17H2/b11-10+. The molecule has 1 fully saturated rings. The van der Waals surface area contributed by atoms with Crippen LogP contribution in [0.25, 0.3) is 16.3 Å². The van der Waals surface area contributed by atoms with E-state index in [-0.39, 0.29) is 5.91 Å². The SMILES string of the molecule is O=C(/C=C/c1ccccc1)N(CCCN1CCOCC1)c1nc2c(Cl)cccc2s1. The fraction of sp³-hybridized carbons (Fsp3) is 0.304. The molecule has 1 aliphatic rings. The summed E-state index contributed by atoms with van der Waals surface area (Å²) in [6.07, 6.45) is 4.34. The third-order valence-corrected chi connectivity index (χ3v) is 6.38. The number of carbonyl (C=O) groups excluding carboxylic acids is 1. The van der Waals surface area contributed by atoms with Crippen molar-refractivity contribution in [1.82, 2.24) is 9.88 Å². The minimum Gasteiger partial charge on any atom is -0.379 e. The van der Waals surface area contributed by atoms with Crippen LogP contribution in [0.4, 0.5) is 5.13 Å². The van der Waals surface area contributed by atoms with Crippen molar-refractivity contribution >= 4 is 50.3 Å². The maximum Gasteiger partial charge on any atom is 0.252 e. The van der Waals surface area contributed by atoms with Crippen molar-refractivity contribution < 1.29 is 9.53 Å². The lowest BCUT2D eigenvalue weighted by Crippen LogP contribution is -2.39. The van der Waals surface area contributed by atoms with E-state index >= 15 is 0 Å². The van der Waals surface area contributed by atoms with Crippen LogP contribution in [0.2, 0.25) is 5.02 Å². The third-order valence-electron chi connectivity index (χ3n) is 5.03. The summed E-state index contributed by atoms with van der Waals surface area (Å²) in [6, 6.07) is 15.5. The summed E-state index contributed by atoms with van der Waals surface area (Å²) in [7, 11) is 0. The van der Waals surface area contributed by atoms with Gasteiger partial charge in [-0.15, -0.1) is 0 Å². The molecule has 0 atom stereocenters. The lowest BCUT2D eigenvalue weighted by molar-refractivity contribution is -0.114. The minimum absolute atomic E-state index is 0.0731. The van der Waals surface area contributed by atoms with Gasteiger partial charge in [0.1, 0.15) is 5.52 Å². The van der Waals surface area contributed by atoms with Crippen molar-refractivity contribution in [3.63, 3.8) is 0 Å². The Bertz CT molecular complexity index is 1020. The van der Waals surface area contributed by atoms with Crippen LogP contribution < -0.4 is 4.90 Å². The number of carbonyl (C=O) groups is 1. The number of nitrogens with zero attached hydrogens (tertiary/aromatic N) is 3. The van der Waals surface area contributed by atoms with Crippen molar-refractivity contribution in [2.24, 2.45) is 0 Å². The van der Waals surface area contributed by atoms with E-state index in [0.29, 0.717) is 16.7 Å². The Morgan fingerprint density at radius 1 is 1.17 bits per heavy atom. The molecule has 0 N–H and O–H groups in total. The summed E-state index contributed by atoms with van der Waals surface area (Å²) in [5, 5.41) is 1.29. The number of morpholine rings is 1. The van der Waals surface area contributed by atoms with Crippen molar-refractivity contribution in [3.05, 3.63) is 65.2 Å². The molecule has 1 aliphatic heterocycles. The molecule has 30 heavy (non-hydrogen) atoms. The average Bonchev–Trinajstić information content (AvgIpc) is 3.22. The van der Waals surface area contributed by atoms with Crippen LogP contribution in [0, 0.1) is 0 Å². The second-order valence-electron chi connectivity index (χ2n) is 7.12. The van der Waals surface area contributed by atoms with E-state index in [0.717, 1.165) is 55.0 Å². The molecule has 156 valence electrons. The highest BCUT2D eigenvalue weighted by atomic mass is 35.5. The largest absolute Gasteiger partial charge is 0.379 e. The van der Waals surface area contributed by atoms with Crippen LogP contribution in [-0.4, -0.2) is 55.2 Å². The molecule has 0 aliphatic carbocycles. The Morgan fingerprint density at radius 2 is 1.97 bits per heavy atom. The Labute approximate surface area is 185 Å². The van der Waals surface area contributed by atoms with Crippen molar-refractivity contribution in [1.29, 1.82) is 0 Å². The van der Waals surface area contributed by atoms with Gasteiger partial charge in [0.2, 0.25) is 0 Å². The number of anilines is 1. The summed E-state index contributed by atoms with van der Waals surface area (Å²) in [5.41, 5.74) is 1.74. The van der Waals surface area contributed by atoms with Gasteiger partial charge in [0.05, 0.1) is 22.9 Å².